The highest BCUT2D eigenvalue weighted by molar-refractivity contribution is 6.00. The van der Waals surface area contributed by atoms with Gasteiger partial charge in [-0.2, -0.15) is 0 Å². The summed E-state index contributed by atoms with van der Waals surface area (Å²) in [6, 6.07) is 10.1. The first-order valence-electron chi connectivity index (χ1n) is 11.7. The van der Waals surface area contributed by atoms with E-state index in [0.29, 0.717) is 25.3 Å². The van der Waals surface area contributed by atoms with E-state index in [1.54, 1.807) is 4.90 Å². The van der Waals surface area contributed by atoms with Gasteiger partial charge in [-0.3, -0.25) is 19.4 Å². The van der Waals surface area contributed by atoms with Crippen LogP contribution in [0.15, 0.2) is 30.3 Å². The number of amides is 2. The zero-order valence-corrected chi connectivity index (χ0v) is 19.4. The Morgan fingerprint density at radius 1 is 1.16 bits per heavy atom. The van der Waals surface area contributed by atoms with Crippen LogP contribution in [0.3, 0.4) is 0 Å². The number of hydrogen-bond donors (Lipinski definition) is 0. The van der Waals surface area contributed by atoms with Crippen LogP contribution >= 0.6 is 0 Å². The molecule has 0 unspecified atom stereocenters. The Morgan fingerprint density at radius 3 is 2.62 bits per heavy atom. The highest BCUT2D eigenvalue weighted by Gasteiger charge is 2.36. The third-order valence-electron chi connectivity index (χ3n) is 6.69. The van der Waals surface area contributed by atoms with E-state index >= 15 is 0 Å². The summed E-state index contributed by atoms with van der Waals surface area (Å²) in [5.41, 5.74) is 2.97. The standard InChI is InChI=1S/C25H33N5O2/c1-4-28(5-2)17-23(32)29-14-9-12-21(29)24-26-18(3)20-16-22(31)30(25(20)27-24)15-13-19-10-7-6-8-11-19/h6-8,10-11,21H,4-5,9,12-17H2,1-3H3/t21-/m1/s1. The summed E-state index contributed by atoms with van der Waals surface area (Å²) in [6.07, 6.45) is 2.94. The van der Waals surface area contributed by atoms with Crippen molar-refractivity contribution in [3.05, 3.63) is 53.0 Å². The zero-order chi connectivity index (χ0) is 22.7. The average Bonchev–Trinajstić information content (AvgIpc) is 3.41. The first-order valence-corrected chi connectivity index (χ1v) is 11.7. The minimum atomic E-state index is -0.117. The average molecular weight is 436 g/mol. The normalized spacial score (nSPS) is 18.0. The van der Waals surface area contributed by atoms with Crippen LogP contribution in [0.5, 0.6) is 0 Å². The van der Waals surface area contributed by atoms with Gasteiger partial charge < -0.3 is 4.90 Å². The van der Waals surface area contributed by atoms with E-state index in [2.05, 4.69) is 30.9 Å². The zero-order valence-electron chi connectivity index (χ0n) is 19.4. The first-order chi connectivity index (χ1) is 15.5. The second-order valence-electron chi connectivity index (χ2n) is 8.63. The molecule has 0 N–H and O–H groups in total. The molecule has 7 heteroatoms. The molecule has 0 aliphatic carbocycles. The summed E-state index contributed by atoms with van der Waals surface area (Å²) in [5, 5.41) is 0. The van der Waals surface area contributed by atoms with Gasteiger partial charge in [0.2, 0.25) is 11.8 Å². The molecule has 2 aliphatic rings. The number of hydrogen-bond acceptors (Lipinski definition) is 5. The SMILES string of the molecule is CCN(CC)CC(=O)N1CCC[C@@H]1c1nc(C)c2c(n1)N(CCc1ccccc1)C(=O)C2. The lowest BCUT2D eigenvalue weighted by Gasteiger charge is -2.27. The molecule has 0 radical (unpaired) electrons. The summed E-state index contributed by atoms with van der Waals surface area (Å²) in [5.74, 6) is 1.61. The van der Waals surface area contributed by atoms with Crippen molar-refractivity contribution in [2.75, 3.05) is 37.6 Å². The molecule has 32 heavy (non-hydrogen) atoms. The highest BCUT2D eigenvalue weighted by atomic mass is 16.2. The molecule has 0 spiro atoms. The van der Waals surface area contributed by atoms with Crippen LogP contribution in [0.1, 0.15) is 55.4 Å². The minimum Gasteiger partial charge on any atom is -0.331 e. The van der Waals surface area contributed by atoms with E-state index in [0.717, 1.165) is 56.0 Å². The number of carbonyl (C=O) groups excluding carboxylic acids is 2. The predicted molar refractivity (Wildman–Crippen MR) is 124 cm³/mol. The Labute approximate surface area is 190 Å². The van der Waals surface area contributed by atoms with Crippen LogP contribution in [0.25, 0.3) is 0 Å². The first kappa shape index (κ1) is 22.4. The molecule has 0 bridgehead atoms. The molecule has 7 nitrogen and oxygen atoms in total. The molecule has 2 aliphatic heterocycles. The Bertz CT molecular complexity index is 974. The molecule has 2 amide bonds. The predicted octanol–water partition coefficient (Wildman–Crippen LogP) is 2.92. The van der Waals surface area contributed by atoms with Gasteiger partial charge >= 0.3 is 0 Å². The number of aromatic nitrogens is 2. The maximum atomic E-state index is 13.0. The molecular weight excluding hydrogens is 402 g/mol. The minimum absolute atomic E-state index is 0.0753. The Hall–Kier alpha value is -2.80. The molecule has 170 valence electrons. The molecule has 3 heterocycles. The van der Waals surface area contributed by atoms with E-state index in [1.807, 2.05) is 30.0 Å². The van der Waals surface area contributed by atoms with Crippen LogP contribution in [0.4, 0.5) is 5.82 Å². The van der Waals surface area contributed by atoms with Gasteiger partial charge in [0, 0.05) is 24.3 Å². The molecule has 1 saturated heterocycles. The Morgan fingerprint density at radius 2 is 1.91 bits per heavy atom. The molecule has 2 aromatic rings. The summed E-state index contributed by atoms with van der Waals surface area (Å²) >= 11 is 0. The largest absolute Gasteiger partial charge is 0.331 e. The van der Waals surface area contributed by atoms with Gasteiger partial charge in [-0.15, -0.1) is 0 Å². The summed E-state index contributed by atoms with van der Waals surface area (Å²) in [4.78, 5) is 41.3. The smallest absolute Gasteiger partial charge is 0.237 e. The maximum absolute atomic E-state index is 13.0. The van der Waals surface area contributed by atoms with Gasteiger partial charge in [0.05, 0.1) is 19.0 Å². The van der Waals surface area contributed by atoms with E-state index < -0.39 is 0 Å². The van der Waals surface area contributed by atoms with Gasteiger partial charge in [-0.25, -0.2) is 9.97 Å². The molecule has 1 atom stereocenters. The Kier molecular flexibility index (Phi) is 6.84. The third kappa shape index (κ3) is 4.53. The second kappa shape index (κ2) is 9.77. The maximum Gasteiger partial charge on any atom is 0.237 e. The number of likely N-dealkylation sites (N-methyl/N-ethyl adjacent to an activating group) is 1. The van der Waals surface area contributed by atoms with Gasteiger partial charge in [0.15, 0.2) is 5.82 Å². The van der Waals surface area contributed by atoms with E-state index in [-0.39, 0.29) is 17.9 Å². The fourth-order valence-electron chi connectivity index (χ4n) is 4.73. The second-order valence-corrected chi connectivity index (χ2v) is 8.63. The van der Waals surface area contributed by atoms with Crippen molar-refractivity contribution in [3.8, 4) is 0 Å². The van der Waals surface area contributed by atoms with Crippen LogP contribution in [-0.2, 0) is 22.4 Å². The van der Waals surface area contributed by atoms with Gasteiger partial charge in [0.25, 0.3) is 0 Å². The van der Waals surface area contributed by atoms with Crippen molar-refractivity contribution in [1.82, 2.24) is 19.8 Å². The van der Waals surface area contributed by atoms with Crippen LogP contribution in [0, 0.1) is 6.92 Å². The highest BCUT2D eigenvalue weighted by Crippen LogP contribution is 2.35. The molecular formula is C25H33N5O2. The number of benzene rings is 1. The fraction of sp³-hybridized carbons (Fsp3) is 0.520. The summed E-state index contributed by atoms with van der Waals surface area (Å²) in [6.45, 7) is 9.58. The number of likely N-dealkylation sites (tertiary alicyclic amines) is 1. The third-order valence-corrected chi connectivity index (χ3v) is 6.69. The molecule has 0 saturated carbocycles. The van der Waals surface area contributed by atoms with Crippen LogP contribution in [0.2, 0.25) is 0 Å². The molecule has 1 aromatic heterocycles. The number of anilines is 1. The lowest BCUT2D eigenvalue weighted by atomic mass is 10.1. The van der Waals surface area contributed by atoms with Crippen molar-refractivity contribution in [3.63, 3.8) is 0 Å². The number of nitrogens with zero attached hydrogens (tertiary/aromatic N) is 5. The van der Waals surface area contributed by atoms with Crippen molar-refractivity contribution in [2.45, 2.75) is 52.5 Å². The van der Waals surface area contributed by atoms with E-state index in [9.17, 15) is 9.59 Å². The van der Waals surface area contributed by atoms with Crippen molar-refractivity contribution in [2.24, 2.45) is 0 Å². The van der Waals surface area contributed by atoms with E-state index in [4.69, 9.17) is 9.97 Å². The topological polar surface area (TPSA) is 69.6 Å². The molecule has 1 fully saturated rings. The van der Waals surface area contributed by atoms with Crippen molar-refractivity contribution < 1.29 is 9.59 Å². The lowest BCUT2D eigenvalue weighted by molar-refractivity contribution is -0.133. The molecule has 4 rings (SSSR count). The number of carbonyl (C=O) groups is 2. The summed E-state index contributed by atoms with van der Waals surface area (Å²) < 4.78 is 0. The van der Waals surface area contributed by atoms with Crippen molar-refractivity contribution in [1.29, 1.82) is 0 Å². The van der Waals surface area contributed by atoms with Crippen molar-refractivity contribution >= 4 is 17.6 Å². The van der Waals surface area contributed by atoms with E-state index in [1.165, 1.54) is 5.56 Å². The number of rotatable bonds is 8. The Balaban J connectivity index is 1.56. The fourth-order valence-corrected chi connectivity index (χ4v) is 4.73. The van der Waals surface area contributed by atoms with Gasteiger partial charge in [-0.1, -0.05) is 44.2 Å². The van der Waals surface area contributed by atoms with Crippen LogP contribution < -0.4 is 4.90 Å². The monoisotopic (exact) mass is 435 g/mol. The van der Waals surface area contributed by atoms with Gasteiger partial charge in [-0.05, 0) is 44.8 Å². The van der Waals surface area contributed by atoms with Crippen LogP contribution in [-0.4, -0.2) is 64.3 Å². The lowest BCUT2D eigenvalue weighted by Crippen LogP contribution is -2.40. The number of fused-ring (bicyclic) bond motifs is 1. The summed E-state index contributed by atoms with van der Waals surface area (Å²) in [7, 11) is 0. The molecule has 1 aromatic carbocycles. The quantitative estimate of drug-likeness (QED) is 0.638. The number of aryl methyl sites for hydroxylation is 1. The van der Waals surface area contributed by atoms with Gasteiger partial charge in [0.1, 0.15) is 5.82 Å².